The summed E-state index contributed by atoms with van der Waals surface area (Å²) in [5.74, 6) is -0.537. The second-order valence-electron chi connectivity index (χ2n) is 6.48. The van der Waals surface area contributed by atoms with Crippen LogP contribution in [0.25, 0.3) is 0 Å². The van der Waals surface area contributed by atoms with E-state index >= 15 is 0 Å². The highest BCUT2D eigenvalue weighted by atomic mass is 35.5. The van der Waals surface area contributed by atoms with Gasteiger partial charge in [0.1, 0.15) is 5.25 Å². The highest BCUT2D eigenvalue weighted by Gasteiger charge is 2.30. The van der Waals surface area contributed by atoms with E-state index in [1.165, 1.54) is 13.3 Å². The maximum Gasteiger partial charge on any atom is 0.242 e. The van der Waals surface area contributed by atoms with Gasteiger partial charge >= 0.3 is 0 Å². The number of piperidine rings is 1. The number of nitrogens with zero attached hydrogens (tertiary/aromatic N) is 1. The lowest BCUT2D eigenvalue weighted by Gasteiger charge is -2.29. The summed E-state index contributed by atoms with van der Waals surface area (Å²) in [6, 6.07) is 5.32. The van der Waals surface area contributed by atoms with Crippen molar-refractivity contribution < 1.29 is 13.2 Å². The van der Waals surface area contributed by atoms with Gasteiger partial charge in [0.25, 0.3) is 0 Å². The topological polar surface area (TPSA) is 66.5 Å². The maximum absolute atomic E-state index is 12.2. The quantitative estimate of drug-likeness (QED) is 0.859. The molecule has 1 unspecified atom stereocenters. The molecular formula is C17H25ClN2O3S. The zero-order valence-corrected chi connectivity index (χ0v) is 16.0. The summed E-state index contributed by atoms with van der Waals surface area (Å²) in [7, 11) is -3.48. The number of amides is 1. The van der Waals surface area contributed by atoms with Crippen molar-refractivity contribution >= 4 is 38.7 Å². The maximum atomic E-state index is 12.2. The van der Waals surface area contributed by atoms with Crippen LogP contribution >= 0.6 is 11.6 Å². The standard InChI is InChI=1S/C17H25ClN2O3S/c1-12(2)24(22,23)13(3)17(21)19-14-7-8-16(15(18)11-14)20-9-5-4-6-10-20/h7-8,11-13H,4-6,9-10H2,1-3H3,(H,19,21). The minimum absolute atomic E-state index is 0.511. The van der Waals surface area contributed by atoms with Crippen LogP contribution in [0.3, 0.4) is 0 Å². The molecule has 1 aromatic carbocycles. The molecule has 1 heterocycles. The van der Waals surface area contributed by atoms with E-state index in [-0.39, 0.29) is 0 Å². The molecule has 1 aliphatic rings. The Kier molecular flexibility index (Phi) is 6.15. The minimum atomic E-state index is -3.48. The number of nitrogens with one attached hydrogen (secondary N) is 1. The van der Waals surface area contributed by atoms with Crippen molar-refractivity contribution in [1.29, 1.82) is 0 Å². The Balaban J connectivity index is 2.10. The van der Waals surface area contributed by atoms with Crippen LogP contribution in [0.2, 0.25) is 5.02 Å². The van der Waals surface area contributed by atoms with Crippen LogP contribution in [0.4, 0.5) is 11.4 Å². The third kappa shape index (κ3) is 4.22. The van der Waals surface area contributed by atoms with Gasteiger partial charge in [0.2, 0.25) is 5.91 Å². The fourth-order valence-electron chi connectivity index (χ4n) is 2.78. The van der Waals surface area contributed by atoms with E-state index in [1.54, 1.807) is 26.0 Å². The Morgan fingerprint density at radius 1 is 1.17 bits per heavy atom. The van der Waals surface area contributed by atoms with E-state index in [0.29, 0.717) is 10.7 Å². The van der Waals surface area contributed by atoms with E-state index in [9.17, 15) is 13.2 Å². The van der Waals surface area contributed by atoms with Gasteiger partial charge in [-0.2, -0.15) is 0 Å². The van der Waals surface area contributed by atoms with Crippen LogP contribution in [0.1, 0.15) is 40.0 Å². The van der Waals surface area contributed by atoms with Crippen LogP contribution < -0.4 is 10.2 Å². The van der Waals surface area contributed by atoms with E-state index in [1.807, 2.05) is 6.07 Å². The monoisotopic (exact) mass is 372 g/mol. The average Bonchev–Trinajstić information content (AvgIpc) is 2.54. The molecule has 1 atom stereocenters. The zero-order valence-electron chi connectivity index (χ0n) is 14.4. The van der Waals surface area contributed by atoms with Crippen molar-refractivity contribution in [2.75, 3.05) is 23.3 Å². The molecule has 0 saturated carbocycles. The van der Waals surface area contributed by atoms with Gasteiger partial charge in [-0.05, 0) is 58.2 Å². The number of carbonyl (C=O) groups is 1. The molecule has 0 radical (unpaired) electrons. The van der Waals surface area contributed by atoms with Crippen molar-refractivity contribution in [1.82, 2.24) is 0 Å². The Hall–Kier alpha value is -1.27. The van der Waals surface area contributed by atoms with Gasteiger partial charge in [-0.15, -0.1) is 0 Å². The fraction of sp³-hybridized carbons (Fsp3) is 0.588. The summed E-state index contributed by atoms with van der Waals surface area (Å²) in [6.07, 6.45) is 3.54. The number of hydrogen-bond acceptors (Lipinski definition) is 4. The predicted molar refractivity (Wildman–Crippen MR) is 99.7 cm³/mol. The Labute approximate surface area is 149 Å². The molecule has 2 rings (SSSR count). The molecule has 1 aromatic rings. The van der Waals surface area contributed by atoms with Gasteiger partial charge in [0.15, 0.2) is 9.84 Å². The van der Waals surface area contributed by atoms with Gasteiger partial charge < -0.3 is 10.2 Å². The summed E-state index contributed by atoms with van der Waals surface area (Å²) in [5.41, 5.74) is 1.47. The molecule has 0 aromatic heterocycles. The Bertz CT molecular complexity index is 698. The lowest BCUT2D eigenvalue weighted by molar-refractivity contribution is -0.115. The first-order chi connectivity index (χ1) is 11.2. The molecule has 24 heavy (non-hydrogen) atoms. The molecule has 0 aliphatic carbocycles. The number of anilines is 2. The molecule has 7 heteroatoms. The lowest BCUT2D eigenvalue weighted by Crippen LogP contribution is -2.36. The van der Waals surface area contributed by atoms with Crippen LogP contribution in [-0.4, -0.2) is 37.9 Å². The number of sulfone groups is 1. The first-order valence-electron chi connectivity index (χ1n) is 8.31. The van der Waals surface area contributed by atoms with E-state index in [2.05, 4.69) is 10.2 Å². The number of carbonyl (C=O) groups excluding carboxylic acids is 1. The lowest BCUT2D eigenvalue weighted by atomic mass is 10.1. The largest absolute Gasteiger partial charge is 0.370 e. The van der Waals surface area contributed by atoms with E-state index in [4.69, 9.17) is 11.6 Å². The Morgan fingerprint density at radius 3 is 2.33 bits per heavy atom. The molecule has 1 saturated heterocycles. The minimum Gasteiger partial charge on any atom is -0.370 e. The van der Waals surface area contributed by atoms with E-state index in [0.717, 1.165) is 31.6 Å². The molecule has 1 aliphatic heterocycles. The summed E-state index contributed by atoms with van der Waals surface area (Å²) in [5, 5.41) is 1.52. The molecule has 0 bridgehead atoms. The van der Waals surface area contributed by atoms with Gasteiger partial charge in [-0.3, -0.25) is 4.79 Å². The van der Waals surface area contributed by atoms with Crippen LogP contribution in [0.5, 0.6) is 0 Å². The normalized spacial score (nSPS) is 17.0. The third-order valence-corrected chi connectivity index (χ3v) is 7.25. The summed E-state index contributed by atoms with van der Waals surface area (Å²) < 4.78 is 24.2. The zero-order chi connectivity index (χ0) is 17.9. The molecule has 1 fully saturated rings. The van der Waals surface area contributed by atoms with Crippen molar-refractivity contribution in [3.8, 4) is 0 Å². The molecule has 1 amide bonds. The van der Waals surface area contributed by atoms with Gasteiger partial charge in [-0.25, -0.2) is 8.42 Å². The summed E-state index contributed by atoms with van der Waals surface area (Å²) in [6.45, 7) is 6.52. The molecule has 134 valence electrons. The van der Waals surface area contributed by atoms with Crippen LogP contribution in [0.15, 0.2) is 18.2 Å². The first-order valence-corrected chi connectivity index (χ1v) is 10.3. The van der Waals surface area contributed by atoms with Crippen LogP contribution in [-0.2, 0) is 14.6 Å². The van der Waals surface area contributed by atoms with Crippen molar-refractivity contribution in [3.05, 3.63) is 23.2 Å². The predicted octanol–water partition coefficient (Wildman–Crippen LogP) is 3.48. The second kappa shape index (κ2) is 7.74. The van der Waals surface area contributed by atoms with Crippen LogP contribution in [0, 0.1) is 0 Å². The van der Waals surface area contributed by atoms with Crippen molar-refractivity contribution in [2.24, 2.45) is 0 Å². The van der Waals surface area contributed by atoms with Crippen molar-refractivity contribution in [2.45, 2.75) is 50.5 Å². The Morgan fingerprint density at radius 2 is 1.79 bits per heavy atom. The number of rotatable bonds is 5. The number of halogens is 1. The first kappa shape index (κ1) is 19.1. The molecule has 0 spiro atoms. The van der Waals surface area contributed by atoms with Gasteiger partial charge in [0.05, 0.1) is 16.0 Å². The molecular weight excluding hydrogens is 348 g/mol. The number of benzene rings is 1. The molecule has 1 N–H and O–H groups in total. The highest BCUT2D eigenvalue weighted by molar-refractivity contribution is 7.93. The van der Waals surface area contributed by atoms with Crippen molar-refractivity contribution in [3.63, 3.8) is 0 Å². The van der Waals surface area contributed by atoms with Gasteiger partial charge in [-0.1, -0.05) is 11.6 Å². The average molecular weight is 373 g/mol. The van der Waals surface area contributed by atoms with Gasteiger partial charge in [0, 0.05) is 18.8 Å². The molecule has 5 nitrogen and oxygen atoms in total. The summed E-state index contributed by atoms with van der Waals surface area (Å²) in [4.78, 5) is 14.5. The number of hydrogen-bond donors (Lipinski definition) is 1. The smallest absolute Gasteiger partial charge is 0.242 e. The SMILES string of the molecule is CC(C)S(=O)(=O)C(C)C(=O)Nc1ccc(N2CCCCC2)c(Cl)c1. The summed E-state index contributed by atoms with van der Waals surface area (Å²) >= 11 is 6.35. The fourth-order valence-corrected chi connectivity index (χ4v) is 4.25. The highest BCUT2D eigenvalue weighted by Crippen LogP contribution is 2.31. The third-order valence-electron chi connectivity index (χ3n) is 4.43. The second-order valence-corrected chi connectivity index (χ2v) is 9.72. The van der Waals surface area contributed by atoms with E-state index < -0.39 is 26.2 Å².